The lowest BCUT2D eigenvalue weighted by molar-refractivity contribution is 0.594. The van der Waals surface area contributed by atoms with Crippen LogP contribution in [0.25, 0.3) is 0 Å². The van der Waals surface area contributed by atoms with Gasteiger partial charge in [0, 0.05) is 12.4 Å². The summed E-state index contributed by atoms with van der Waals surface area (Å²) in [7, 11) is 1.42. The van der Waals surface area contributed by atoms with Crippen molar-refractivity contribution in [3.8, 4) is 0 Å². The lowest BCUT2D eigenvalue weighted by atomic mass is 9.76. The molecule has 47 heavy (non-hydrogen) atoms. The minimum atomic E-state index is -0.817. The fraction of sp³-hybridized carbons (Fsp3) is 0.233. The maximum absolute atomic E-state index is 4.51. The molecule has 4 heteroatoms. The normalized spacial score (nSPS) is 11.5. The molecule has 0 amide bonds. The fourth-order valence-electron chi connectivity index (χ4n) is 6.54. The summed E-state index contributed by atoms with van der Waals surface area (Å²) in [5.74, 6) is 0.484. The van der Waals surface area contributed by atoms with Crippen LogP contribution >= 0.6 is 0 Å². The van der Waals surface area contributed by atoms with Gasteiger partial charge in [-0.3, -0.25) is 0 Å². The maximum atomic E-state index is 4.51. The maximum Gasteiger partial charge on any atom is 0.116 e. The van der Waals surface area contributed by atoms with Gasteiger partial charge in [0.25, 0.3) is 0 Å². The summed E-state index contributed by atoms with van der Waals surface area (Å²) in [6, 6.07) is 51.0. The van der Waals surface area contributed by atoms with E-state index in [1.807, 2.05) is 12.5 Å². The van der Waals surface area contributed by atoms with Crippen LogP contribution in [0.5, 0.6) is 0 Å². The van der Waals surface area contributed by atoms with E-state index in [1.54, 1.807) is 0 Å². The molecule has 0 aliphatic carbocycles. The SMILES string of the molecule is BC(c1ccccc1)c1ccccc1.CCCCc1cccc(C([SiH2]c2ccccc2)(c2cccc(CCCC)c2)n2ccnc2)c1. The van der Waals surface area contributed by atoms with Crippen LogP contribution in [0.4, 0.5) is 0 Å². The third kappa shape index (κ3) is 8.90. The second kappa shape index (κ2) is 17.5. The van der Waals surface area contributed by atoms with Crippen LogP contribution in [0.3, 0.4) is 0 Å². The van der Waals surface area contributed by atoms with Crippen molar-refractivity contribution in [1.82, 2.24) is 9.55 Å². The summed E-state index contributed by atoms with van der Waals surface area (Å²) in [6.45, 7) is 4.54. The molecule has 0 unspecified atom stereocenters. The van der Waals surface area contributed by atoms with Gasteiger partial charge in [0.15, 0.2) is 0 Å². The number of aromatic nitrogens is 2. The average molecular weight is 633 g/mol. The van der Waals surface area contributed by atoms with Crippen molar-refractivity contribution < 1.29 is 0 Å². The second-order valence-corrected chi connectivity index (χ2v) is 14.8. The largest absolute Gasteiger partial charge is 0.326 e. The van der Waals surface area contributed by atoms with Crippen LogP contribution in [0.1, 0.15) is 78.7 Å². The van der Waals surface area contributed by atoms with Crippen LogP contribution in [-0.2, 0) is 18.0 Å². The highest BCUT2D eigenvalue weighted by molar-refractivity contribution is 6.57. The van der Waals surface area contributed by atoms with Crippen molar-refractivity contribution in [2.24, 2.45) is 0 Å². The molecule has 2 nitrogen and oxygen atoms in total. The van der Waals surface area contributed by atoms with Gasteiger partial charge in [-0.05, 0) is 64.9 Å². The van der Waals surface area contributed by atoms with Gasteiger partial charge in [-0.25, -0.2) is 4.98 Å². The number of benzene rings is 5. The lowest BCUT2D eigenvalue weighted by Crippen LogP contribution is -2.46. The zero-order valence-corrected chi connectivity index (χ0v) is 29.8. The predicted octanol–water partition coefficient (Wildman–Crippen LogP) is 8.22. The van der Waals surface area contributed by atoms with Crippen LogP contribution in [0, 0.1) is 0 Å². The molecule has 0 atom stereocenters. The van der Waals surface area contributed by atoms with E-state index < -0.39 is 9.52 Å². The van der Waals surface area contributed by atoms with Gasteiger partial charge < -0.3 is 4.57 Å². The smallest absolute Gasteiger partial charge is 0.116 e. The molecule has 0 radical (unpaired) electrons. The summed E-state index contributed by atoms with van der Waals surface area (Å²) < 4.78 is 2.38. The highest BCUT2D eigenvalue weighted by Gasteiger charge is 2.37. The summed E-state index contributed by atoms with van der Waals surface area (Å²) >= 11 is 0. The van der Waals surface area contributed by atoms with E-state index in [0.717, 1.165) is 12.8 Å². The summed E-state index contributed by atoms with van der Waals surface area (Å²) in [6.07, 6.45) is 13.3. The highest BCUT2D eigenvalue weighted by atomic mass is 28.2. The molecule has 6 rings (SSSR count). The van der Waals surface area contributed by atoms with E-state index in [9.17, 15) is 0 Å². The first kappa shape index (κ1) is 33.9. The molecule has 0 fully saturated rings. The second-order valence-electron chi connectivity index (χ2n) is 12.6. The predicted molar refractivity (Wildman–Crippen MR) is 206 cm³/mol. The Morgan fingerprint density at radius 1 is 0.638 bits per heavy atom. The van der Waals surface area contributed by atoms with E-state index in [0.29, 0.717) is 5.82 Å². The van der Waals surface area contributed by atoms with E-state index >= 15 is 0 Å². The number of hydrogen-bond acceptors (Lipinski definition) is 1. The van der Waals surface area contributed by atoms with E-state index in [-0.39, 0.29) is 5.16 Å². The Hall–Kier alpha value is -4.41. The lowest BCUT2D eigenvalue weighted by Gasteiger charge is -2.37. The van der Waals surface area contributed by atoms with Crippen molar-refractivity contribution in [2.75, 3.05) is 0 Å². The average Bonchev–Trinajstić information content (AvgIpc) is 3.69. The fourth-order valence-corrected chi connectivity index (χ4v) is 8.86. The van der Waals surface area contributed by atoms with Gasteiger partial charge in [-0.1, -0.05) is 171 Å². The molecule has 0 saturated heterocycles. The Balaban J connectivity index is 0.000000257. The van der Waals surface area contributed by atoms with Crippen LogP contribution in [0.15, 0.2) is 158 Å². The number of nitrogens with zero attached hydrogens (tertiary/aromatic N) is 2. The summed E-state index contributed by atoms with van der Waals surface area (Å²) in [4.78, 5) is 4.51. The van der Waals surface area contributed by atoms with Gasteiger partial charge in [-0.2, -0.15) is 0 Å². The Kier molecular flexibility index (Phi) is 12.6. The van der Waals surface area contributed by atoms with Crippen LogP contribution in [0.2, 0.25) is 0 Å². The zero-order chi connectivity index (χ0) is 32.7. The molecular formula is C43H49BN2Si. The minimum absolute atomic E-state index is 0.220. The number of unbranched alkanes of at least 4 members (excludes halogenated alkanes) is 2. The monoisotopic (exact) mass is 632 g/mol. The van der Waals surface area contributed by atoms with E-state index in [1.165, 1.54) is 64.3 Å². The Bertz CT molecular complexity index is 1650. The van der Waals surface area contributed by atoms with Crippen molar-refractivity contribution in [2.45, 2.75) is 63.4 Å². The number of aryl methyl sites for hydroxylation is 2. The molecular weight excluding hydrogens is 583 g/mol. The van der Waals surface area contributed by atoms with Gasteiger partial charge in [0.1, 0.15) is 7.85 Å². The van der Waals surface area contributed by atoms with Gasteiger partial charge >= 0.3 is 0 Å². The highest BCUT2D eigenvalue weighted by Crippen LogP contribution is 2.35. The minimum Gasteiger partial charge on any atom is -0.326 e. The molecule has 0 saturated carbocycles. The van der Waals surface area contributed by atoms with Crippen LogP contribution < -0.4 is 5.19 Å². The third-order valence-electron chi connectivity index (χ3n) is 9.29. The van der Waals surface area contributed by atoms with E-state index in [4.69, 9.17) is 0 Å². The topological polar surface area (TPSA) is 17.8 Å². The van der Waals surface area contributed by atoms with Gasteiger partial charge in [0.05, 0.1) is 21.0 Å². The molecule has 0 bridgehead atoms. The summed E-state index contributed by atoms with van der Waals surface area (Å²) in [5, 5.41) is 1.24. The Labute approximate surface area is 286 Å². The number of hydrogen-bond donors (Lipinski definition) is 0. The molecule has 0 N–H and O–H groups in total. The van der Waals surface area contributed by atoms with E-state index in [2.05, 4.69) is 177 Å². The molecule has 6 aromatic rings. The van der Waals surface area contributed by atoms with Crippen LogP contribution in [-0.4, -0.2) is 26.9 Å². The van der Waals surface area contributed by atoms with Crippen molar-refractivity contribution in [1.29, 1.82) is 0 Å². The Morgan fingerprint density at radius 2 is 1.13 bits per heavy atom. The van der Waals surface area contributed by atoms with Crippen molar-refractivity contribution in [3.63, 3.8) is 0 Å². The Morgan fingerprint density at radius 3 is 1.57 bits per heavy atom. The quantitative estimate of drug-likeness (QED) is 0.117. The molecule has 0 spiro atoms. The molecule has 0 aliphatic heterocycles. The molecule has 0 aliphatic rings. The molecule has 238 valence electrons. The third-order valence-corrected chi connectivity index (χ3v) is 11.9. The van der Waals surface area contributed by atoms with Gasteiger partial charge in [0.2, 0.25) is 0 Å². The number of rotatable bonds is 13. The zero-order valence-electron chi connectivity index (χ0n) is 28.4. The first-order chi connectivity index (χ1) is 23.1. The first-order valence-corrected chi connectivity index (χ1v) is 18.9. The van der Waals surface area contributed by atoms with Crippen molar-refractivity contribution >= 4 is 22.6 Å². The number of imidazole rings is 1. The first-order valence-electron chi connectivity index (χ1n) is 17.4. The van der Waals surface area contributed by atoms with Crippen molar-refractivity contribution in [3.05, 3.63) is 192 Å². The molecule has 1 heterocycles. The summed E-state index contributed by atoms with van der Waals surface area (Å²) in [5.41, 5.74) is 8.39. The van der Waals surface area contributed by atoms with Gasteiger partial charge in [-0.15, -0.1) is 0 Å². The molecule has 1 aromatic heterocycles. The molecule has 5 aromatic carbocycles. The standard InChI is InChI=1S/C30H36N2Si.C13H13B/c1-3-5-12-25-14-10-16-27(22-25)30(32-21-20-31-24-32,33-29-18-8-7-9-19-29)28-17-11-15-26(23-28)13-6-4-2;14-13(11-7-3-1-4-8-11)12-9-5-2-6-10-12/h7-11,14-24H,3-6,12-13,33H2,1-2H3;1-10,13H,14H2.